The van der Waals surface area contributed by atoms with Gasteiger partial charge in [-0.3, -0.25) is 24.2 Å². The van der Waals surface area contributed by atoms with Gasteiger partial charge in [0, 0.05) is 36.4 Å². The van der Waals surface area contributed by atoms with Crippen LogP contribution in [0, 0.1) is 11.3 Å². The number of rotatable bonds is 4. The molecule has 0 bridgehead atoms. The number of likely N-dealkylation sites (N-methyl/N-ethyl adjacent to an activating group) is 1. The summed E-state index contributed by atoms with van der Waals surface area (Å²) in [6, 6.07) is 8.69. The van der Waals surface area contributed by atoms with Crippen molar-refractivity contribution in [2.24, 2.45) is 0 Å². The van der Waals surface area contributed by atoms with E-state index in [1.807, 2.05) is 0 Å². The number of benzene rings is 1. The fraction of sp³-hybridized carbons (Fsp3) is 0.333. The highest BCUT2D eigenvalue weighted by Gasteiger charge is 2.31. The summed E-state index contributed by atoms with van der Waals surface area (Å²) < 4.78 is 0. The number of hydrogen-bond donors (Lipinski definition) is 1. The van der Waals surface area contributed by atoms with E-state index in [2.05, 4.69) is 23.2 Å². The number of amides is 3. The van der Waals surface area contributed by atoms with Crippen LogP contribution in [0.1, 0.15) is 46.1 Å². The van der Waals surface area contributed by atoms with E-state index in [-0.39, 0.29) is 30.6 Å². The van der Waals surface area contributed by atoms with Crippen LogP contribution in [0.4, 0.5) is 10.7 Å². The average Bonchev–Trinajstić information content (AvgIpc) is 3.25. The number of carbonyl (C=O) groups excluding carboxylic acids is 3. The van der Waals surface area contributed by atoms with Crippen molar-refractivity contribution in [2.75, 3.05) is 23.3 Å². The van der Waals surface area contributed by atoms with Crippen molar-refractivity contribution in [3.8, 4) is 6.07 Å². The molecule has 3 amide bonds. The number of imide groups is 1. The fourth-order valence-electron chi connectivity index (χ4n) is 3.76. The van der Waals surface area contributed by atoms with E-state index in [0.717, 1.165) is 41.4 Å². The predicted molar refractivity (Wildman–Crippen MR) is 110 cm³/mol. The first-order valence-electron chi connectivity index (χ1n) is 9.56. The van der Waals surface area contributed by atoms with E-state index in [1.54, 1.807) is 18.2 Å². The maximum atomic E-state index is 12.8. The molecule has 0 spiro atoms. The zero-order valence-electron chi connectivity index (χ0n) is 16.0. The molecular formula is C21H20N4O3S. The summed E-state index contributed by atoms with van der Waals surface area (Å²) >= 11 is 1.44. The lowest BCUT2D eigenvalue weighted by molar-refractivity contribution is -0.121. The molecule has 0 unspecified atom stereocenters. The van der Waals surface area contributed by atoms with E-state index < -0.39 is 0 Å². The standard InChI is InChI=1S/C21H20N4O3S/c1-2-24-9-8-15-16(11-22)21(29-17(15)12-24)23-20(28)13-4-3-5-14(10-13)25-18(26)6-7-19(25)27/h3-5,10H,2,6-9,12H2,1H3,(H,23,28). The van der Waals surface area contributed by atoms with Crippen LogP contribution in [-0.4, -0.2) is 35.7 Å². The quantitative estimate of drug-likeness (QED) is 0.785. The average molecular weight is 408 g/mol. The van der Waals surface area contributed by atoms with Crippen molar-refractivity contribution in [3.63, 3.8) is 0 Å². The molecule has 0 radical (unpaired) electrons. The van der Waals surface area contributed by atoms with Crippen LogP contribution in [0.3, 0.4) is 0 Å². The largest absolute Gasteiger partial charge is 0.312 e. The molecule has 7 nitrogen and oxygen atoms in total. The zero-order chi connectivity index (χ0) is 20.5. The molecule has 0 saturated carbocycles. The molecule has 3 heterocycles. The summed E-state index contributed by atoms with van der Waals surface area (Å²) in [5.74, 6) is -0.884. The van der Waals surface area contributed by atoms with Crippen LogP contribution < -0.4 is 10.2 Å². The Labute approximate surface area is 172 Å². The molecule has 1 N–H and O–H groups in total. The number of carbonyl (C=O) groups is 3. The van der Waals surface area contributed by atoms with Crippen LogP contribution in [0.15, 0.2) is 24.3 Å². The van der Waals surface area contributed by atoms with Gasteiger partial charge in [0.25, 0.3) is 5.91 Å². The van der Waals surface area contributed by atoms with Crippen LogP contribution in [0.25, 0.3) is 0 Å². The Bertz CT molecular complexity index is 1040. The van der Waals surface area contributed by atoms with Gasteiger partial charge in [-0.05, 0) is 36.7 Å². The summed E-state index contributed by atoms with van der Waals surface area (Å²) in [6.07, 6.45) is 1.18. The molecule has 1 aromatic carbocycles. The third-order valence-electron chi connectivity index (χ3n) is 5.34. The lowest BCUT2D eigenvalue weighted by Gasteiger charge is -2.24. The third-order valence-corrected chi connectivity index (χ3v) is 6.47. The molecule has 1 fully saturated rings. The number of hydrogen-bond acceptors (Lipinski definition) is 6. The summed E-state index contributed by atoms with van der Waals surface area (Å²) in [5, 5.41) is 13.0. The van der Waals surface area contributed by atoms with Crippen molar-refractivity contribution in [1.29, 1.82) is 5.26 Å². The monoisotopic (exact) mass is 408 g/mol. The number of thiophene rings is 1. The highest BCUT2D eigenvalue weighted by Crippen LogP contribution is 2.37. The van der Waals surface area contributed by atoms with E-state index in [0.29, 0.717) is 21.8 Å². The minimum absolute atomic E-state index is 0.191. The van der Waals surface area contributed by atoms with Gasteiger partial charge in [0.2, 0.25) is 11.8 Å². The Balaban J connectivity index is 1.59. The number of nitrogens with zero attached hydrogens (tertiary/aromatic N) is 3. The molecule has 1 saturated heterocycles. The Morgan fingerprint density at radius 1 is 1.24 bits per heavy atom. The summed E-state index contributed by atoms with van der Waals surface area (Å²) in [6.45, 7) is 4.74. The van der Waals surface area contributed by atoms with Crippen LogP contribution >= 0.6 is 11.3 Å². The summed E-state index contributed by atoms with van der Waals surface area (Å²) in [7, 11) is 0. The predicted octanol–water partition coefficient (Wildman–Crippen LogP) is 2.90. The second-order valence-electron chi connectivity index (χ2n) is 7.07. The van der Waals surface area contributed by atoms with Gasteiger partial charge in [-0.1, -0.05) is 13.0 Å². The fourth-order valence-corrected chi connectivity index (χ4v) is 4.99. The number of anilines is 2. The molecule has 29 heavy (non-hydrogen) atoms. The van der Waals surface area contributed by atoms with Crippen LogP contribution in [0.2, 0.25) is 0 Å². The normalized spacial score (nSPS) is 16.6. The van der Waals surface area contributed by atoms with Crippen molar-refractivity contribution in [1.82, 2.24) is 4.90 Å². The minimum Gasteiger partial charge on any atom is -0.312 e. The molecule has 1 aromatic heterocycles. The summed E-state index contributed by atoms with van der Waals surface area (Å²) in [5.41, 5.74) is 2.30. The molecule has 4 rings (SSSR count). The van der Waals surface area contributed by atoms with Crippen molar-refractivity contribution < 1.29 is 14.4 Å². The smallest absolute Gasteiger partial charge is 0.256 e. The van der Waals surface area contributed by atoms with Gasteiger partial charge in [0.1, 0.15) is 11.1 Å². The number of nitrogens with one attached hydrogen (secondary N) is 1. The Kier molecular flexibility index (Phi) is 5.18. The minimum atomic E-state index is -0.367. The Morgan fingerprint density at radius 3 is 2.69 bits per heavy atom. The maximum absolute atomic E-state index is 12.8. The van der Waals surface area contributed by atoms with Gasteiger partial charge in [0.15, 0.2) is 0 Å². The molecule has 2 aliphatic heterocycles. The van der Waals surface area contributed by atoms with Gasteiger partial charge in [-0.2, -0.15) is 5.26 Å². The SMILES string of the molecule is CCN1CCc2c(sc(NC(=O)c3cccc(N4C(=O)CCC4=O)c3)c2C#N)C1. The lowest BCUT2D eigenvalue weighted by atomic mass is 10.0. The Morgan fingerprint density at radius 2 is 2.00 bits per heavy atom. The van der Waals surface area contributed by atoms with Crippen LogP contribution in [0.5, 0.6) is 0 Å². The zero-order valence-corrected chi connectivity index (χ0v) is 16.8. The van der Waals surface area contributed by atoms with Gasteiger partial charge in [-0.25, -0.2) is 0 Å². The first kappa shape index (κ1) is 19.3. The summed E-state index contributed by atoms with van der Waals surface area (Å²) in [4.78, 5) is 41.3. The number of nitriles is 1. The van der Waals surface area contributed by atoms with Gasteiger partial charge in [-0.15, -0.1) is 11.3 Å². The topological polar surface area (TPSA) is 93.5 Å². The molecule has 0 aliphatic carbocycles. The molecule has 8 heteroatoms. The van der Waals surface area contributed by atoms with Gasteiger partial charge < -0.3 is 5.32 Å². The van der Waals surface area contributed by atoms with E-state index in [4.69, 9.17) is 0 Å². The molecule has 148 valence electrons. The molecular weight excluding hydrogens is 388 g/mol. The van der Waals surface area contributed by atoms with Gasteiger partial charge >= 0.3 is 0 Å². The third kappa shape index (κ3) is 3.55. The van der Waals surface area contributed by atoms with Crippen molar-refractivity contribution in [3.05, 3.63) is 45.8 Å². The maximum Gasteiger partial charge on any atom is 0.256 e. The van der Waals surface area contributed by atoms with E-state index in [9.17, 15) is 19.6 Å². The van der Waals surface area contributed by atoms with E-state index in [1.165, 1.54) is 17.4 Å². The number of fused-ring (bicyclic) bond motifs is 1. The highest BCUT2D eigenvalue weighted by atomic mass is 32.1. The van der Waals surface area contributed by atoms with E-state index >= 15 is 0 Å². The first-order valence-corrected chi connectivity index (χ1v) is 10.4. The highest BCUT2D eigenvalue weighted by molar-refractivity contribution is 7.16. The van der Waals surface area contributed by atoms with Gasteiger partial charge in [0.05, 0.1) is 11.3 Å². The second kappa shape index (κ2) is 7.78. The second-order valence-corrected chi connectivity index (χ2v) is 8.17. The van der Waals surface area contributed by atoms with Crippen molar-refractivity contribution in [2.45, 2.75) is 32.7 Å². The van der Waals surface area contributed by atoms with Crippen molar-refractivity contribution >= 4 is 39.7 Å². The van der Waals surface area contributed by atoms with Crippen LogP contribution in [-0.2, 0) is 22.6 Å². The molecule has 2 aromatic rings. The first-order chi connectivity index (χ1) is 14.0. The molecule has 2 aliphatic rings. The lowest BCUT2D eigenvalue weighted by Crippen LogP contribution is -2.29. The Hall–Kier alpha value is -3.02. The molecule has 0 atom stereocenters.